The highest BCUT2D eigenvalue weighted by atomic mass is 16.1. The average molecular weight is 219 g/mol. The summed E-state index contributed by atoms with van der Waals surface area (Å²) in [6, 6.07) is 7.78. The summed E-state index contributed by atoms with van der Waals surface area (Å²) in [5.74, 6) is 0.207. The summed E-state index contributed by atoms with van der Waals surface area (Å²) in [5.41, 5.74) is 1.47. The van der Waals surface area contributed by atoms with E-state index in [-0.39, 0.29) is 5.78 Å². The van der Waals surface area contributed by atoms with Gasteiger partial charge >= 0.3 is 0 Å². The summed E-state index contributed by atoms with van der Waals surface area (Å²) in [6.45, 7) is 6.04. The van der Waals surface area contributed by atoms with Crippen LogP contribution in [0.25, 0.3) is 0 Å². The number of nitrogens with zero attached hydrogens (tertiary/aromatic N) is 1. The number of ketones is 1. The molecule has 0 bridgehead atoms. The van der Waals surface area contributed by atoms with Crippen molar-refractivity contribution < 1.29 is 4.79 Å². The van der Waals surface area contributed by atoms with Crippen LogP contribution in [0.3, 0.4) is 0 Å². The molecule has 1 unspecified atom stereocenters. The second-order valence-electron chi connectivity index (χ2n) is 4.67. The summed E-state index contributed by atoms with van der Waals surface area (Å²) in [4.78, 5) is 14.5. The van der Waals surface area contributed by atoms with Gasteiger partial charge in [0.2, 0.25) is 0 Å². The zero-order valence-electron chi connectivity index (χ0n) is 10.9. The maximum Gasteiger partial charge on any atom is 0.183 e. The third-order valence-electron chi connectivity index (χ3n) is 3.55. The minimum atomic E-state index is -0.411. The summed E-state index contributed by atoms with van der Waals surface area (Å²) >= 11 is 0. The largest absolute Gasteiger partial charge is 0.297 e. The first-order valence-electron chi connectivity index (χ1n) is 5.71. The lowest BCUT2D eigenvalue weighted by Gasteiger charge is -2.34. The van der Waals surface area contributed by atoms with Gasteiger partial charge in [0.25, 0.3) is 0 Å². The van der Waals surface area contributed by atoms with Crippen LogP contribution >= 0.6 is 0 Å². The molecule has 2 nitrogen and oxygen atoms in total. The van der Waals surface area contributed by atoms with E-state index in [2.05, 4.69) is 6.92 Å². The van der Waals surface area contributed by atoms with Gasteiger partial charge in [0.1, 0.15) is 0 Å². The van der Waals surface area contributed by atoms with E-state index in [4.69, 9.17) is 0 Å². The molecule has 88 valence electrons. The maximum atomic E-state index is 12.5. The van der Waals surface area contributed by atoms with Gasteiger partial charge in [-0.3, -0.25) is 9.69 Å². The minimum absolute atomic E-state index is 0.207. The molecule has 0 saturated heterocycles. The third-order valence-corrected chi connectivity index (χ3v) is 3.55. The Morgan fingerprint density at radius 3 is 2.31 bits per heavy atom. The molecule has 1 atom stereocenters. The highest BCUT2D eigenvalue weighted by Gasteiger charge is 2.34. The predicted molar refractivity (Wildman–Crippen MR) is 67.9 cm³/mol. The Morgan fingerprint density at radius 2 is 1.88 bits per heavy atom. The van der Waals surface area contributed by atoms with Crippen LogP contribution in [-0.4, -0.2) is 30.3 Å². The van der Waals surface area contributed by atoms with Gasteiger partial charge in [-0.2, -0.15) is 0 Å². The van der Waals surface area contributed by atoms with Gasteiger partial charge in [0, 0.05) is 5.56 Å². The van der Waals surface area contributed by atoms with E-state index in [1.165, 1.54) is 0 Å². The maximum absolute atomic E-state index is 12.5. The van der Waals surface area contributed by atoms with Gasteiger partial charge in [0.05, 0.1) is 5.54 Å². The molecule has 16 heavy (non-hydrogen) atoms. The van der Waals surface area contributed by atoms with Gasteiger partial charge in [-0.25, -0.2) is 0 Å². The topological polar surface area (TPSA) is 20.3 Å². The average Bonchev–Trinajstić information content (AvgIpc) is 2.27. The van der Waals surface area contributed by atoms with Crippen LogP contribution in [-0.2, 0) is 0 Å². The van der Waals surface area contributed by atoms with E-state index in [0.717, 1.165) is 17.5 Å². The fourth-order valence-corrected chi connectivity index (χ4v) is 1.80. The molecule has 0 N–H and O–H groups in total. The second-order valence-corrected chi connectivity index (χ2v) is 4.67. The van der Waals surface area contributed by atoms with Crippen molar-refractivity contribution in [2.45, 2.75) is 32.7 Å². The molecule has 0 aromatic heterocycles. The Balaban J connectivity index is 3.15. The van der Waals surface area contributed by atoms with Crippen molar-refractivity contribution in [2.75, 3.05) is 14.1 Å². The Morgan fingerprint density at radius 1 is 1.31 bits per heavy atom. The molecule has 1 aromatic carbocycles. The molecular weight excluding hydrogens is 198 g/mol. The molecule has 1 rings (SSSR count). The van der Waals surface area contributed by atoms with Crippen molar-refractivity contribution in [1.29, 1.82) is 0 Å². The summed E-state index contributed by atoms with van der Waals surface area (Å²) < 4.78 is 0. The quantitative estimate of drug-likeness (QED) is 0.726. The zero-order chi connectivity index (χ0) is 12.3. The first kappa shape index (κ1) is 12.9. The lowest BCUT2D eigenvalue weighted by Crippen LogP contribution is -2.48. The molecule has 0 radical (unpaired) electrons. The smallest absolute Gasteiger partial charge is 0.183 e. The van der Waals surface area contributed by atoms with Crippen molar-refractivity contribution in [3.63, 3.8) is 0 Å². The first-order valence-corrected chi connectivity index (χ1v) is 5.71. The van der Waals surface area contributed by atoms with Gasteiger partial charge in [-0.15, -0.1) is 0 Å². The van der Waals surface area contributed by atoms with Gasteiger partial charge in [-0.1, -0.05) is 31.2 Å². The molecule has 0 aliphatic carbocycles. The Bertz CT molecular complexity index is 384. The molecule has 0 amide bonds. The van der Waals surface area contributed by atoms with Crippen molar-refractivity contribution in [3.05, 3.63) is 35.4 Å². The van der Waals surface area contributed by atoms with Gasteiger partial charge in [-0.05, 0) is 39.9 Å². The lowest BCUT2D eigenvalue weighted by molar-refractivity contribution is 0.0710. The number of aryl methyl sites for hydroxylation is 1. The van der Waals surface area contributed by atoms with Crippen LogP contribution in [0.4, 0.5) is 0 Å². The molecule has 0 aliphatic heterocycles. The van der Waals surface area contributed by atoms with E-state index in [0.29, 0.717) is 0 Å². The van der Waals surface area contributed by atoms with E-state index in [1.807, 2.05) is 57.1 Å². The number of hydrogen-bond acceptors (Lipinski definition) is 2. The Hall–Kier alpha value is -1.15. The molecule has 0 fully saturated rings. The standard InChI is InChI=1S/C14H21NO/c1-6-14(3,15(4)5)13(16)12-10-8-7-9-11(12)2/h7-10H,6H2,1-5H3. The van der Waals surface area contributed by atoms with Crippen LogP contribution in [0.2, 0.25) is 0 Å². The Labute approximate surface area is 98.3 Å². The first-order chi connectivity index (χ1) is 7.43. The monoisotopic (exact) mass is 219 g/mol. The van der Waals surface area contributed by atoms with E-state index < -0.39 is 5.54 Å². The molecule has 0 spiro atoms. The number of hydrogen-bond donors (Lipinski definition) is 0. The summed E-state index contributed by atoms with van der Waals surface area (Å²) in [5, 5.41) is 0. The fraction of sp³-hybridized carbons (Fsp3) is 0.500. The van der Waals surface area contributed by atoms with Crippen LogP contribution < -0.4 is 0 Å². The molecule has 0 saturated carbocycles. The minimum Gasteiger partial charge on any atom is -0.297 e. The van der Waals surface area contributed by atoms with Crippen LogP contribution in [0.1, 0.15) is 36.2 Å². The van der Waals surface area contributed by atoms with Crippen LogP contribution in [0.15, 0.2) is 24.3 Å². The number of likely N-dealkylation sites (N-methyl/N-ethyl adjacent to an activating group) is 1. The van der Waals surface area contributed by atoms with E-state index in [9.17, 15) is 4.79 Å². The van der Waals surface area contributed by atoms with Crippen LogP contribution in [0.5, 0.6) is 0 Å². The van der Waals surface area contributed by atoms with Crippen molar-refractivity contribution >= 4 is 5.78 Å². The molecule has 1 aromatic rings. The molecule has 2 heteroatoms. The second kappa shape index (κ2) is 4.79. The summed E-state index contributed by atoms with van der Waals surface area (Å²) in [7, 11) is 3.92. The fourth-order valence-electron chi connectivity index (χ4n) is 1.80. The van der Waals surface area contributed by atoms with Gasteiger partial charge < -0.3 is 0 Å². The number of carbonyl (C=O) groups is 1. The zero-order valence-corrected chi connectivity index (χ0v) is 10.9. The predicted octanol–water partition coefficient (Wildman–Crippen LogP) is 2.91. The van der Waals surface area contributed by atoms with Crippen LogP contribution in [0, 0.1) is 6.92 Å². The number of benzene rings is 1. The number of Topliss-reactive ketones (excluding diaryl/α,β-unsaturated/α-hetero) is 1. The van der Waals surface area contributed by atoms with Gasteiger partial charge in [0.15, 0.2) is 5.78 Å². The van der Waals surface area contributed by atoms with Crippen molar-refractivity contribution in [1.82, 2.24) is 4.90 Å². The third kappa shape index (κ3) is 2.17. The van der Waals surface area contributed by atoms with Crippen molar-refractivity contribution in [3.8, 4) is 0 Å². The highest BCUT2D eigenvalue weighted by molar-refractivity contribution is 6.03. The Kier molecular flexibility index (Phi) is 3.87. The number of carbonyl (C=O) groups excluding carboxylic acids is 1. The molecule has 0 heterocycles. The van der Waals surface area contributed by atoms with E-state index >= 15 is 0 Å². The SMILES string of the molecule is CCC(C)(C(=O)c1ccccc1C)N(C)C. The van der Waals surface area contributed by atoms with E-state index in [1.54, 1.807) is 0 Å². The van der Waals surface area contributed by atoms with Crippen molar-refractivity contribution in [2.24, 2.45) is 0 Å². The highest BCUT2D eigenvalue weighted by Crippen LogP contribution is 2.23. The normalized spacial score (nSPS) is 14.9. The molecule has 0 aliphatic rings. The summed E-state index contributed by atoms with van der Waals surface area (Å²) in [6.07, 6.45) is 0.813. The molecular formula is C14H21NO. The number of rotatable bonds is 4. The lowest BCUT2D eigenvalue weighted by atomic mass is 9.86.